The molecule has 0 bridgehead atoms. The fourth-order valence-electron chi connectivity index (χ4n) is 0.797. The number of hydrogen-bond donors (Lipinski definition) is 1. The molecule has 53 valence electrons. The van der Waals surface area contributed by atoms with E-state index in [1.54, 1.807) is 0 Å². The third kappa shape index (κ3) is 4.19. The van der Waals surface area contributed by atoms with Gasteiger partial charge in [-0.05, 0) is 5.56 Å². The van der Waals surface area contributed by atoms with E-state index in [4.69, 9.17) is 5.73 Å². The summed E-state index contributed by atoms with van der Waals surface area (Å²) in [4.78, 5) is 10.4. The molecule has 0 aliphatic heterocycles. The van der Waals surface area contributed by atoms with Crippen LogP contribution in [-0.4, -0.2) is 35.5 Å². The third-order valence-corrected chi connectivity index (χ3v) is 1.22. The van der Waals surface area contributed by atoms with Crippen molar-refractivity contribution in [3.05, 3.63) is 35.9 Å². The van der Waals surface area contributed by atoms with Crippen molar-refractivity contribution in [3.63, 3.8) is 0 Å². The Kier molecular flexibility index (Phi) is 5.20. The van der Waals surface area contributed by atoms with E-state index in [1.165, 1.54) is 0 Å². The van der Waals surface area contributed by atoms with Crippen LogP contribution in [0.15, 0.2) is 30.3 Å². The largest absolute Gasteiger partial charge is 0.369 e. The van der Waals surface area contributed by atoms with Gasteiger partial charge < -0.3 is 5.73 Å². The fourth-order valence-corrected chi connectivity index (χ4v) is 0.797. The predicted octanol–water partition coefficient (Wildman–Crippen LogP) is 0.334. The summed E-state index contributed by atoms with van der Waals surface area (Å²) >= 11 is 0. The van der Waals surface area contributed by atoms with Crippen LogP contribution in [0.1, 0.15) is 5.56 Å². The van der Waals surface area contributed by atoms with Gasteiger partial charge in [-0.25, -0.2) is 0 Å². The van der Waals surface area contributed by atoms with Crippen LogP contribution in [0.3, 0.4) is 0 Å². The van der Waals surface area contributed by atoms with E-state index in [0.29, 0.717) is 6.42 Å². The monoisotopic (exact) mass is 158 g/mol. The van der Waals surface area contributed by atoms with E-state index in [-0.39, 0.29) is 35.5 Å². The minimum absolute atomic E-state index is 0. The van der Waals surface area contributed by atoms with Crippen molar-refractivity contribution in [1.29, 1.82) is 0 Å². The van der Waals surface area contributed by atoms with E-state index >= 15 is 0 Å². The summed E-state index contributed by atoms with van der Waals surface area (Å²) in [6, 6.07) is 9.44. The van der Waals surface area contributed by atoms with Gasteiger partial charge in [0.05, 0.1) is 6.42 Å². The summed E-state index contributed by atoms with van der Waals surface area (Å²) in [5, 5.41) is 0. The predicted molar refractivity (Wildman–Crippen MR) is 45.1 cm³/mol. The summed E-state index contributed by atoms with van der Waals surface area (Å²) in [6.45, 7) is 0. The van der Waals surface area contributed by atoms with E-state index in [9.17, 15) is 4.79 Å². The van der Waals surface area contributed by atoms with Gasteiger partial charge in [0.2, 0.25) is 5.91 Å². The second-order valence-corrected chi connectivity index (χ2v) is 2.13. The van der Waals surface area contributed by atoms with Crippen LogP contribution >= 0.6 is 0 Å². The zero-order chi connectivity index (χ0) is 7.40. The van der Waals surface area contributed by atoms with Crippen molar-refractivity contribution in [3.8, 4) is 0 Å². The molecule has 3 heteroatoms. The molecule has 0 aliphatic rings. The van der Waals surface area contributed by atoms with Gasteiger partial charge in [-0.15, -0.1) is 0 Å². The molecule has 1 amide bonds. The van der Waals surface area contributed by atoms with Crippen LogP contribution in [0.2, 0.25) is 0 Å². The number of rotatable bonds is 2. The Hall–Kier alpha value is -0.310. The Bertz CT molecular complexity index is 223. The zero-order valence-corrected chi connectivity index (χ0v) is 8.58. The number of carbonyl (C=O) groups excluding carboxylic acids is 1. The Balaban J connectivity index is 0.000001000. The minimum Gasteiger partial charge on any atom is -0.369 e. The SMILES string of the molecule is NC(=O)Cc1ccccc1.[Na]. The summed E-state index contributed by atoms with van der Waals surface area (Å²) in [5.41, 5.74) is 5.95. The molecule has 2 N–H and O–H groups in total. The van der Waals surface area contributed by atoms with Crippen LogP contribution in [0, 0.1) is 0 Å². The average Bonchev–Trinajstić information content (AvgIpc) is 1.88. The van der Waals surface area contributed by atoms with Gasteiger partial charge >= 0.3 is 0 Å². The minimum atomic E-state index is -0.286. The summed E-state index contributed by atoms with van der Waals surface area (Å²) < 4.78 is 0. The second kappa shape index (κ2) is 5.35. The number of hydrogen-bond acceptors (Lipinski definition) is 1. The standard InChI is InChI=1S/C8H9NO.Na/c9-8(10)6-7-4-2-1-3-5-7;/h1-5H,6H2,(H2,9,10);. The number of amides is 1. The first kappa shape index (κ1) is 10.7. The Morgan fingerprint density at radius 3 is 2.27 bits per heavy atom. The van der Waals surface area contributed by atoms with Crippen LogP contribution < -0.4 is 5.73 Å². The summed E-state index contributed by atoms with van der Waals surface area (Å²) in [5.74, 6) is -0.286. The fraction of sp³-hybridized carbons (Fsp3) is 0.125. The Labute approximate surface area is 88.1 Å². The van der Waals surface area contributed by atoms with Crippen molar-refractivity contribution in [1.82, 2.24) is 0 Å². The summed E-state index contributed by atoms with van der Waals surface area (Å²) in [7, 11) is 0. The van der Waals surface area contributed by atoms with Crippen LogP contribution in [0.25, 0.3) is 0 Å². The van der Waals surface area contributed by atoms with Gasteiger partial charge in [0.15, 0.2) is 0 Å². The molecule has 0 spiro atoms. The quantitative estimate of drug-likeness (QED) is 0.619. The smallest absolute Gasteiger partial charge is 0.221 e. The molecule has 0 saturated carbocycles. The van der Waals surface area contributed by atoms with Gasteiger partial charge in [-0.3, -0.25) is 4.79 Å². The van der Waals surface area contributed by atoms with Gasteiger partial charge in [0.1, 0.15) is 0 Å². The molecule has 0 heterocycles. The molecule has 1 aromatic carbocycles. The molecule has 0 unspecified atom stereocenters. The first-order valence-electron chi connectivity index (χ1n) is 3.11. The van der Waals surface area contributed by atoms with Crippen LogP contribution in [-0.2, 0) is 11.2 Å². The maximum absolute atomic E-state index is 10.4. The molecule has 1 rings (SSSR count). The average molecular weight is 158 g/mol. The second-order valence-electron chi connectivity index (χ2n) is 2.13. The van der Waals surface area contributed by atoms with Crippen molar-refractivity contribution >= 4 is 35.5 Å². The molecule has 2 nitrogen and oxygen atoms in total. The molecule has 0 aliphatic carbocycles. The van der Waals surface area contributed by atoms with Crippen LogP contribution in [0.5, 0.6) is 0 Å². The van der Waals surface area contributed by atoms with Gasteiger partial charge in [-0.2, -0.15) is 0 Å². The van der Waals surface area contributed by atoms with E-state index in [0.717, 1.165) is 5.56 Å². The maximum Gasteiger partial charge on any atom is 0.221 e. The van der Waals surface area contributed by atoms with Gasteiger partial charge in [-0.1, -0.05) is 30.3 Å². The Morgan fingerprint density at radius 1 is 1.27 bits per heavy atom. The molecule has 11 heavy (non-hydrogen) atoms. The molecular weight excluding hydrogens is 149 g/mol. The number of carbonyl (C=O) groups is 1. The topological polar surface area (TPSA) is 43.1 Å². The molecule has 0 atom stereocenters. The van der Waals surface area contributed by atoms with Crippen molar-refractivity contribution in [2.24, 2.45) is 5.73 Å². The molecule has 0 fully saturated rings. The Morgan fingerprint density at radius 2 is 1.82 bits per heavy atom. The normalized spacial score (nSPS) is 8.36. The molecule has 0 saturated heterocycles. The van der Waals surface area contributed by atoms with Gasteiger partial charge in [0.25, 0.3) is 0 Å². The van der Waals surface area contributed by atoms with Gasteiger partial charge in [0, 0.05) is 29.6 Å². The van der Waals surface area contributed by atoms with Crippen LogP contribution in [0.4, 0.5) is 0 Å². The first-order chi connectivity index (χ1) is 4.79. The number of primary amides is 1. The van der Waals surface area contributed by atoms with E-state index in [2.05, 4.69) is 0 Å². The number of benzene rings is 1. The first-order valence-corrected chi connectivity index (χ1v) is 3.11. The van der Waals surface area contributed by atoms with Crippen molar-refractivity contribution in [2.75, 3.05) is 0 Å². The molecular formula is C8H9NNaO. The molecule has 1 aromatic rings. The number of nitrogens with two attached hydrogens (primary N) is 1. The molecule has 0 aromatic heterocycles. The van der Waals surface area contributed by atoms with E-state index < -0.39 is 0 Å². The summed E-state index contributed by atoms with van der Waals surface area (Å²) in [6.07, 6.45) is 0.334. The molecule has 1 radical (unpaired) electrons. The maximum atomic E-state index is 10.4. The van der Waals surface area contributed by atoms with Crippen molar-refractivity contribution < 1.29 is 4.79 Å². The van der Waals surface area contributed by atoms with Crippen molar-refractivity contribution in [2.45, 2.75) is 6.42 Å². The zero-order valence-electron chi connectivity index (χ0n) is 6.58. The third-order valence-electron chi connectivity index (χ3n) is 1.22. The van der Waals surface area contributed by atoms with E-state index in [1.807, 2.05) is 30.3 Å².